The Morgan fingerprint density at radius 1 is 1.29 bits per heavy atom. The average molecular weight is 394 g/mol. The standard InChI is InChI=1S/C20H14N2O5S/c1-2-15(23)13-6-10(3-4-16(13)24)14-9-21-8-11-5-12(27-18(11)14)7-17-19(25)22-20(26)28-17/h3-9,24H,2H2,1H3,(H,22,25,26)/b17-7+. The summed E-state index contributed by atoms with van der Waals surface area (Å²) in [5.41, 5.74) is 2.08. The molecule has 1 saturated heterocycles. The Balaban J connectivity index is 1.80. The second-order valence-electron chi connectivity index (χ2n) is 6.12. The van der Waals surface area contributed by atoms with Gasteiger partial charge in [-0.3, -0.25) is 24.7 Å². The fourth-order valence-electron chi connectivity index (χ4n) is 2.93. The predicted molar refractivity (Wildman–Crippen MR) is 105 cm³/mol. The molecule has 0 saturated carbocycles. The van der Waals surface area contributed by atoms with E-state index in [0.29, 0.717) is 27.9 Å². The number of hydrogen-bond acceptors (Lipinski definition) is 7. The van der Waals surface area contributed by atoms with Crippen molar-refractivity contribution in [3.8, 4) is 16.9 Å². The first-order valence-corrected chi connectivity index (χ1v) is 9.27. The largest absolute Gasteiger partial charge is 0.507 e. The first kappa shape index (κ1) is 18.0. The number of furan rings is 1. The van der Waals surface area contributed by atoms with Crippen LogP contribution in [0.3, 0.4) is 0 Å². The molecule has 2 amide bonds. The monoisotopic (exact) mass is 394 g/mol. The Hall–Kier alpha value is -3.39. The lowest BCUT2D eigenvalue weighted by molar-refractivity contribution is -0.115. The molecule has 3 aromatic rings. The van der Waals surface area contributed by atoms with Gasteiger partial charge in [-0.05, 0) is 35.5 Å². The van der Waals surface area contributed by atoms with E-state index in [-0.39, 0.29) is 28.4 Å². The number of aromatic hydroxyl groups is 1. The Morgan fingerprint density at radius 3 is 2.82 bits per heavy atom. The zero-order chi connectivity index (χ0) is 19.8. The van der Waals surface area contributed by atoms with Crippen LogP contribution in [0.15, 0.2) is 46.0 Å². The number of aromatic nitrogens is 1. The molecule has 140 valence electrons. The third-order valence-electron chi connectivity index (χ3n) is 4.29. The fraction of sp³-hybridized carbons (Fsp3) is 0.100. The first-order valence-electron chi connectivity index (χ1n) is 8.45. The number of carbonyl (C=O) groups excluding carboxylic acids is 3. The normalized spacial score (nSPS) is 15.4. The Kier molecular flexibility index (Phi) is 4.48. The molecule has 1 aliphatic heterocycles. The van der Waals surface area contributed by atoms with Gasteiger partial charge in [-0.15, -0.1) is 0 Å². The second kappa shape index (κ2) is 6.97. The third kappa shape index (κ3) is 3.18. The molecule has 2 N–H and O–H groups in total. The smallest absolute Gasteiger partial charge is 0.290 e. The van der Waals surface area contributed by atoms with Gasteiger partial charge in [-0.1, -0.05) is 13.0 Å². The maximum absolute atomic E-state index is 12.1. The maximum Gasteiger partial charge on any atom is 0.290 e. The summed E-state index contributed by atoms with van der Waals surface area (Å²) in [5, 5.41) is 12.4. The van der Waals surface area contributed by atoms with Crippen molar-refractivity contribution in [1.29, 1.82) is 0 Å². The molecule has 1 fully saturated rings. The van der Waals surface area contributed by atoms with Gasteiger partial charge in [0.15, 0.2) is 5.78 Å². The molecule has 0 radical (unpaired) electrons. The Labute approximate surface area is 163 Å². The third-order valence-corrected chi connectivity index (χ3v) is 5.10. The van der Waals surface area contributed by atoms with E-state index in [0.717, 1.165) is 11.8 Å². The van der Waals surface area contributed by atoms with Crippen molar-refractivity contribution in [1.82, 2.24) is 10.3 Å². The number of imide groups is 1. The summed E-state index contributed by atoms with van der Waals surface area (Å²) in [6.45, 7) is 1.73. The van der Waals surface area contributed by atoms with Gasteiger partial charge in [0.2, 0.25) is 0 Å². The van der Waals surface area contributed by atoms with E-state index < -0.39 is 11.1 Å². The highest BCUT2D eigenvalue weighted by atomic mass is 32.2. The molecular formula is C20H14N2O5S. The number of carbonyl (C=O) groups is 3. The van der Waals surface area contributed by atoms with Crippen LogP contribution in [0.5, 0.6) is 5.75 Å². The molecule has 0 aliphatic carbocycles. The predicted octanol–water partition coefficient (Wildman–Crippen LogP) is 4.12. The highest BCUT2D eigenvalue weighted by molar-refractivity contribution is 8.18. The van der Waals surface area contributed by atoms with E-state index in [1.807, 2.05) is 0 Å². The number of hydrogen-bond donors (Lipinski definition) is 2. The molecule has 28 heavy (non-hydrogen) atoms. The van der Waals surface area contributed by atoms with Gasteiger partial charge < -0.3 is 9.52 Å². The fourth-order valence-corrected chi connectivity index (χ4v) is 3.59. The van der Waals surface area contributed by atoms with Crippen LogP contribution in [-0.2, 0) is 4.79 Å². The van der Waals surface area contributed by atoms with E-state index in [1.165, 1.54) is 12.1 Å². The molecule has 1 aromatic carbocycles. The van der Waals surface area contributed by atoms with Crippen molar-refractivity contribution in [2.45, 2.75) is 13.3 Å². The number of rotatable bonds is 4. The Bertz CT molecular complexity index is 1180. The molecule has 0 atom stereocenters. The van der Waals surface area contributed by atoms with Gasteiger partial charge >= 0.3 is 0 Å². The molecule has 1 aliphatic rings. The summed E-state index contributed by atoms with van der Waals surface area (Å²) < 4.78 is 5.89. The number of thioether (sulfide) groups is 1. The van der Waals surface area contributed by atoms with Crippen LogP contribution < -0.4 is 5.32 Å². The van der Waals surface area contributed by atoms with Gasteiger partial charge in [0.1, 0.15) is 17.1 Å². The van der Waals surface area contributed by atoms with Crippen molar-refractivity contribution >= 4 is 45.7 Å². The van der Waals surface area contributed by atoms with Crippen molar-refractivity contribution in [2.24, 2.45) is 0 Å². The van der Waals surface area contributed by atoms with Crippen LogP contribution >= 0.6 is 11.8 Å². The summed E-state index contributed by atoms with van der Waals surface area (Å²) in [6.07, 6.45) is 5.00. The summed E-state index contributed by atoms with van der Waals surface area (Å²) in [5.74, 6) is -0.303. The van der Waals surface area contributed by atoms with Gasteiger partial charge in [-0.25, -0.2) is 0 Å². The van der Waals surface area contributed by atoms with Crippen LogP contribution in [0.2, 0.25) is 0 Å². The number of amides is 2. The zero-order valence-electron chi connectivity index (χ0n) is 14.7. The minimum Gasteiger partial charge on any atom is -0.507 e. The number of fused-ring (bicyclic) bond motifs is 1. The van der Waals surface area contributed by atoms with Gasteiger partial charge in [0.05, 0.1) is 10.5 Å². The molecule has 4 rings (SSSR count). The molecule has 8 heteroatoms. The summed E-state index contributed by atoms with van der Waals surface area (Å²) in [4.78, 5) is 39.6. The molecule has 3 heterocycles. The summed E-state index contributed by atoms with van der Waals surface area (Å²) in [6, 6.07) is 6.47. The lowest BCUT2D eigenvalue weighted by Crippen LogP contribution is -2.17. The highest BCUT2D eigenvalue weighted by Crippen LogP contribution is 2.34. The van der Waals surface area contributed by atoms with E-state index in [9.17, 15) is 19.5 Å². The molecule has 2 aromatic heterocycles. The van der Waals surface area contributed by atoms with Crippen molar-refractivity contribution in [3.05, 3.63) is 52.9 Å². The van der Waals surface area contributed by atoms with Crippen LogP contribution in [0.1, 0.15) is 29.5 Å². The summed E-state index contributed by atoms with van der Waals surface area (Å²) in [7, 11) is 0. The number of phenolic OH excluding ortho intramolecular Hbond substituents is 1. The lowest BCUT2D eigenvalue weighted by atomic mass is 10.00. The zero-order valence-corrected chi connectivity index (χ0v) is 15.5. The van der Waals surface area contributed by atoms with E-state index in [2.05, 4.69) is 10.3 Å². The molecular weight excluding hydrogens is 380 g/mol. The Morgan fingerprint density at radius 2 is 2.11 bits per heavy atom. The van der Waals surface area contributed by atoms with Crippen LogP contribution in [0, 0.1) is 0 Å². The van der Waals surface area contributed by atoms with Crippen LogP contribution in [0.25, 0.3) is 28.2 Å². The van der Waals surface area contributed by atoms with Gasteiger partial charge in [0.25, 0.3) is 11.1 Å². The maximum atomic E-state index is 12.1. The van der Waals surface area contributed by atoms with Crippen LogP contribution in [-0.4, -0.2) is 27.0 Å². The second-order valence-corrected chi connectivity index (χ2v) is 7.13. The van der Waals surface area contributed by atoms with Gasteiger partial charge in [-0.2, -0.15) is 0 Å². The number of ketones is 1. The van der Waals surface area contributed by atoms with Crippen molar-refractivity contribution < 1.29 is 23.9 Å². The quantitative estimate of drug-likeness (QED) is 0.506. The number of Topliss-reactive ketones (excluding diaryl/α,β-unsaturated/α-hetero) is 1. The molecule has 0 unspecified atom stereocenters. The number of nitrogens with zero attached hydrogens (tertiary/aromatic N) is 1. The van der Waals surface area contributed by atoms with E-state index in [1.54, 1.807) is 37.5 Å². The summed E-state index contributed by atoms with van der Waals surface area (Å²) >= 11 is 0.809. The van der Waals surface area contributed by atoms with Crippen molar-refractivity contribution in [2.75, 3.05) is 0 Å². The molecule has 0 bridgehead atoms. The van der Waals surface area contributed by atoms with E-state index in [4.69, 9.17) is 4.42 Å². The number of benzene rings is 1. The lowest BCUT2D eigenvalue weighted by Gasteiger charge is -2.07. The first-order chi connectivity index (χ1) is 13.5. The number of nitrogens with one attached hydrogen (secondary N) is 1. The topological polar surface area (TPSA) is 110 Å². The van der Waals surface area contributed by atoms with E-state index >= 15 is 0 Å². The molecule has 7 nitrogen and oxygen atoms in total. The van der Waals surface area contributed by atoms with Crippen LogP contribution in [0.4, 0.5) is 4.79 Å². The minimum absolute atomic E-state index is 0.0745. The SMILES string of the molecule is CCC(=O)c1cc(-c2cncc3cc(/C=C4/SC(=O)NC4=O)oc23)ccc1O. The van der Waals surface area contributed by atoms with Gasteiger partial charge in [0, 0.05) is 35.8 Å². The minimum atomic E-state index is -0.463. The number of pyridine rings is 1. The molecule has 0 spiro atoms. The highest BCUT2D eigenvalue weighted by Gasteiger charge is 2.25. The average Bonchev–Trinajstić information content (AvgIpc) is 3.23. The number of phenols is 1. The van der Waals surface area contributed by atoms with Crippen molar-refractivity contribution in [3.63, 3.8) is 0 Å².